The topological polar surface area (TPSA) is 74.5 Å². The maximum Gasteiger partial charge on any atom is 0.234 e. The average molecular weight is 296 g/mol. The first kappa shape index (κ1) is 16.1. The highest BCUT2D eigenvalue weighted by molar-refractivity contribution is 5.84. The molecule has 21 heavy (non-hydrogen) atoms. The Kier molecular flexibility index (Phi) is 4.78. The van der Waals surface area contributed by atoms with E-state index in [2.05, 4.69) is 10.1 Å². The van der Waals surface area contributed by atoms with Gasteiger partial charge in [0.15, 0.2) is 0 Å². The summed E-state index contributed by atoms with van der Waals surface area (Å²) in [6, 6.07) is 0. The van der Waals surface area contributed by atoms with Crippen LogP contribution in [-0.2, 0) is 26.3 Å². The maximum atomic E-state index is 12.0. The van der Waals surface area contributed by atoms with Crippen LogP contribution in [0.25, 0.3) is 0 Å². The molecule has 1 saturated heterocycles. The van der Waals surface area contributed by atoms with E-state index in [4.69, 9.17) is 14.0 Å². The lowest BCUT2D eigenvalue weighted by Gasteiger charge is -2.33. The molecule has 1 aromatic heterocycles. The first-order valence-corrected chi connectivity index (χ1v) is 7.45. The first-order valence-electron chi connectivity index (χ1n) is 7.45. The number of carbonyl (C=O) groups excluding carboxylic acids is 1. The van der Waals surface area contributed by atoms with E-state index >= 15 is 0 Å². The third-order valence-electron chi connectivity index (χ3n) is 3.75. The third-order valence-corrected chi connectivity index (χ3v) is 3.75. The van der Waals surface area contributed by atoms with Gasteiger partial charge in [0.05, 0.1) is 6.42 Å². The summed E-state index contributed by atoms with van der Waals surface area (Å²) in [6.45, 7) is 9.40. The molecule has 2 rings (SSSR count). The Bertz CT molecular complexity index is 479. The molecule has 0 saturated carbocycles. The summed E-state index contributed by atoms with van der Waals surface area (Å²) in [5.41, 5.74) is -0.954. The van der Waals surface area contributed by atoms with Gasteiger partial charge in [0.25, 0.3) is 0 Å². The van der Waals surface area contributed by atoms with Gasteiger partial charge in [-0.15, -0.1) is 0 Å². The van der Waals surface area contributed by atoms with Gasteiger partial charge in [0, 0.05) is 38.1 Å². The lowest BCUT2D eigenvalue weighted by Crippen LogP contribution is -2.37. The van der Waals surface area contributed by atoms with Gasteiger partial charge in [-0.2, -0.15) is 4.98 Å². The SMILES string of the molecule is CCOC1(c2noc(CC(=O)C(C)(C)C)n2)CCOCC1. The molecule has 6 heteroatoms. The van der Waals surface area contributed by atoms with Crippen molar-refractivity contribution >= 4 is 5.78 Å². The highest BCUT2D eigenvalue weighted by Gasteiger charge is 2.40. The number of rotatable bonds is 5. The second kappa shape index (κ2) is 6.23. The second-order valence-electron chi connectivity index (χ2n) is 6.40. The lowest BCUT2D eigenvalue weighted by atomic mass is 9.89. The van der Waals surface area contributed by atoms with Gasteiger partial charge < -0.3 is 14.0 Å². The van der Waals surface area contributed by atoms with Crippen LogP contribution in [0.5, 0.6) is 0 Å². The molecule has 1 fully saturated rings. The summed E-state index contributed by atoms with van der Waals surface area (Å²) < 4.78 is 16.5. The average Bonchev–Trinajstić information content (AvgIpc) is 2.88. The van der Waals surface area contributed by atoms with Crippen molar-refractivity contribution in [3.63, 3.8) is 0 Å². The van der Waals surface area contributed by atoms with Gasteiger partial charge in [-0.25, -0.2) is 0 Å². The van der Waals surface area contributed by atoms with Crippen LogP contribution in [-0.4, -0.2) is 35.7 Å². The number of Topliss-reactive ketones (excluding diaryl/α,β-unsaturated/α-hetero) is 1. The van der Waals surface area contributed by atoms with Crippen molar-refractivity contribution in [2.45, 2.75) is 52.6 Å². The van der Waals surface area contributed by atoms with E-state index in [1.165, 1.54) is 0 Å². The molecule has 0 amide bonds. The molecule has 0 atom stereocenters. The molecule has 1 aliphatic heterocycles. The molecule has 0 aliphatic carbocycles. The fourth-order valence-corrected chi connectivity index (χ4v) is 2.32. The normalized spacial score (nSPS) is 18.7. The van der Waals surface area contributed by atoms with E-state index in [-0.39, 0.29) is 12.2 Å². The quantitative estimate of drug-likeness (QED) is 0.829. The molecule has 0 spiro atoms. The number of hydrogen-bond acceptors (Lipinski definition) is 6. The lowest BCUT2D eigenvalue weighted by molar-refractivity contribution is -0.126. The van der Waals surface area contributed by atoms with Crippen molar-refractivity contribution in [1.29, 1.82) is 0 Å². The van der Waals surface area contributed by atoms with Gasteiger partial charge in [0.1, 0.15) is 11.4 Å². The van der Waals surface area contributed by atoms with Crippen LogP contribution in [0.1, 0.15) is 52.3 Å². The Labute approximate surface area is 125 Å². The number of aromatic nitrogens is 2. The predicted octanol–water partition coefficient (Wildman–Crippen LogP) is 2.27. The zero-order valence-electron chi connectivity index (χ0n) is 13.3. The largest absolute Gasteiger partial charge is 0.381 e. The zero-order valence-corrected chi connectivity index (χ0v) is 13.3. The van der Waals surface area contributed by atoms with Crippen LogP contribution < -0.4 is 0 Å². The third kappa shape index (κ3) is 3.68. The smallest absolute Gasteiger partial charge is 0.234 e. The summed E-state index contributed by atoms with van der Waals surface area (Å²) in [6.07, 6.45) is 1.56. The zero-order chi connectivity index (χ0) is 15.5. The standard InChI is InChI=1S/C15H24N2O4/c1-5-20-15(6-8-19-9-7-15)13-16-12(21-17-13)10-11(18)14(2,3)4/h5-10H2,1-4H3. The Hall–Kier alpha value is -1.27. The Morgan fingerprint density at radius 1 is 1.33 bits per heavy atom. The molecule has 0 aromatic carbocycles. The van der Waals surface area contributed by atoms with Crippen LogP contribution in [0.3, 0.4) is 0 Å². The van der Waals surface area contributed by atoms with E-state index in [1.54, 1.807) is 0 Å². The van der Waals surface area contributed by atoms with Gasteiger partial charge in [-0.05, 0) is 6.92 Å². The number of hydrogen-bond donors (Lipinski definition) is 0. The molecule has 2 heterocycles. The molecule has 1 aromatic rings. The number of ether oxygens (including phenoxy) is 2. The van der Waals surface area contributed by atoms with Crippen LogP contribution in [0, 0.1) is 5.41 Å². The number of carbonyl (C=O) groups is 1. The fraction of sp³-hybridized carbons (Fsp3) is 0.800. The summed E-state index contributed by atoms with van der Waals surface area (Å²) in [4.78, 5) is 16.4. The van der Waals surface area contributed by atoms with Crippen molar-refractivity contribution in [2.24, 2.45) is 5.41 Å². The highest BCUT2D eigenvalue weighted by Crippen LogP contribution is 2.34. The molecule has 0 radical (unpaired) electrons. The van der Waals surface area contributed by atoms with E-state index in [9.17, 15) is 4.79 Å². The molecular formula is C15H24N2O4. The minimum atomic E-state index is -0.542. The van der Waals surface area contributed by atoms with E-state index in [1.807, 2.05) is 27.7 Å². The van der Waals surface area contributed by atoms with Crippen molar-refractivity contribution in [3.05, 3.63) is 11.7 Å². The molecule has 0 bridgehead atoms. The van der Waals surface area contributed by atoms with Crippen molar-refractivity contribution in [1.82, 2.24) is 10.1 Å². The highest BCUT2D eigenvalue weighted by atomic mass is 16.5. The minimum Gasteiger partial charge on any atom is -0.381 e. The van der Waals surface area contributed by atoms with Crippen molar-refractivity contribution in [3.8, 4) is 0 Å². The van der Waals surface area contributed by atoms with E-state index in [0.717, 1.165) is 0 Å². The summed E-state index contributed by atoms with van der Waals surface area (Å²) >= 11 is 0. The van der Waals surface area contributed by atoms with Crippen molar-refractivity contribution in [2.75, 3.05) is 19.8 Å². The Morgan fingerprint density at radius 3 is 2.57 bits per heavy atom. The first-order chi connectivity index (χ1) is 9.87. The predicted molar refractivity (Wildman–Crippen MR) is 75.8 cm³/mol. The summed E-state index contributed by atoms with van der Waals surface area (Å²) in [5.74, 6) is 0.968. The van der Waals surface area contributed by atoms with Crippen LogP contribution in [0.2, 0.25) is 0 Å². The molecule has 118 valence electrons. The molecular weight excluding hydrogens is 272 g/mol. The fourth-order valence-electron chi connectivity index (χ4n) is 2.32. The van der Waals surface area contributed by atoms with Gasteiger partial charge in [0.2, 0.25) is 11.7 Å². The summed E-state index contributed by atoms with van der Waals surface area (Å²) in [7, 11) is 0. The van der Waals surface area contributed by atoms with E-state index < -0.39 is 11.0 Å². The minimum absolute atomic E-state index is 0.0788. The Balaban J connectivity index is 2.15. The molecule has 6 nitrogen and oxygen atoms in total. The van der Waals surface area contributed by atoms with Crippen LogP contribution in [0.15, 0.2) is 4.52 Å². The number of nitrogens with zero attached hydrogens (tertiary/aromatic N) is 2. The van der Waals surface area contributed by atoms with Gasteiger partial charge in [-0.3, -0.25) is 4.79 Å². The monoisotopic (exact) mass is 296 g/mol. The van der Waals surface area contributed by atoms with Crippen LogP contribution >= 0.6 is 0 Å². The Morgan fingerprint density at radius 2 is 2.00 bits per heavy atom. The maximum absolute atomic E-state index is 12.0. The van der Waals surface area contributed by atoms with E-state index in [0.29, 0.717) is 44.4 Å². The number of ketones is 1. The van der Waals surface area contributed by atoms with Gasteiger partial charge in [-0.1, -0.05) is 25.9 Å². The molecule has 0 unspecified atom stereocenters. The molecule has 0 N–H and O–H groups in total. The summed E-state index contributed by atoms with van der Waals surface area (Å²) in [5, 5.41) is 4.05. The second-order valence-corrected chi connectivity index (χ2v) is 6.40. The molecule has 1 aliphatic rings. The van der Waals surface area contributed by atoms with Crippen molar-refractivity contribution < 1.29 is 18.8 Å². The van der Waals surface area contributed by atoms with Gasteiger partial charge >= 0.3 is 0 Å². The van der Waals surface area contributed by atoms with Crippen LogP contribution in [0.4, 0.5) is 0 Å².